The van der Waals surface area contributed by atoms with Gasteiger partial charge in [-0.2, -0.15) is 0 Å². The average Bonchev–Trinajstić information content (AvgIpc) is 2.32. The molecule has 0 radical (unpaired) electrons. The average molecular weight is 278 g/mol. The third-order valence-corrected chi connectivity index (χ3v) is 2.91. The van der Waals surface area contributed by atoms with E-state index in [1.165, 1.54) is 5.56 Å². The maximum atomic E-state index is 5.81. The van der Waals surface area contributed by atoms with Gasteiger partial charge in [-0.05, 0) is 17.5 Å². The minimum Gasteiger partial charge on any atom is -0.477 e. The molecule has 1 N–H and O–H groups in total. The van der Waals surface area contributed by atoms with E-state index in [0.717, 1.165) is 18.1 Å². The van der Waals surface area contributed by atoms with Gasteiger partial charge in [-0.3, -0.25) is 0 Å². The second kappa shape index (κ2) is 7.07. The second-order valence-electron chi connectivity index (χ2n) is 7.19. The third-order valence-electron chi connectivity index (χ3n) is 2.91. The van der Waals surface area contributed by atoms with E-state index in [-0.39, 0.29) is 5.41 Å². The van der Waals surface area contributed by atoms with E-state index < -0.39 is 0 Å². The van der Waals surface area contributed by atoms with Crippen LogP contribution in [-0.2, 0) is 12.0 Å². The fourth-order valence-corrected chi connectivity index (χ4v) is 1.69. The molecule has 0 bridgehead atoms. The number of hydrogen-bond donors (Lipinski definition) is 1. The van der Waals surface area contributed by atoms with Gasteiger partial charge in [-0.25, -0.2) is 4.98 Å². The van der Waals surface area contributed by atoms with Crippen molar-refractivity contribution in [3.05, 3.63) is 23.4 Å². The molecule has 0 unspecified atom stereocenters. The van der Waals surface area contributed by atoms with E-state index in [4.69, 9.17) is 4.74 Å². The molecule has 0 saturated carbocycles. The molecule has 0 aliphatic rings. The molecule has 0 saturated heterocycles. The van der Waals surface area contributed by atoms with E-state index in [1.54, 1.807) is 0 Å². The molecule has 1 rings (SSSR count). The number of hydrogen-bond acceptors (Lipinski definition) is 3. The molecular weight excluding hydrogens is 248 g/mol. The van der Waals surface area contributed by atoms with E-state index in [0.29, 0.717) is 18.6 Å². The summed E-state index contributed by atoms with van der Waals surface area (Å²) in [4.78, 5) is 4.65. The van der Waals surface area contributed by atoms with Gasteiger partial charge in [0.25, 0.3) is 0 Å². The van der Waals surface area contributed by atoms with Gasteiger partial charge < -0.3 is 10.1 Å². The lowest BCUT2D eigenvalue weighted by molar-refractivity contribution is 0.259. The van der Waals surface area contributed by atoms with Gasteiger partial charge >= 0.3 is 0 Å². The molecule has 1 aromatic rings. The van der Waals surface area contributed by atoms with Crippen LogP contribution >= 0.6 is 0 Å². The van der Waals surface area contributed by atoms with E-state index in [2.05, 4.69) is 64.8 Å². The Bertz CT molecular complexity index is 389. The summed E-state index contributed by atoms with van der Waals surface area (Å²) in [5.41, 5.74) is 2.35. The summed E-state index contributed by atoms with van der Waals surface area (Å²) in [6.45, 7) is 16.7. The molecule has 1 heterocycles. The zero-order valence-electron chi connectivity index (χ0n) is 14.1. The molecule has 0 amide bonds. The Kier molecular flexibility index (Phi) is 6.00. The second-order valence-corrected chi connectivity index (χ2v) is 7.19. The van der Waals surface area contributed by atoms with Gasteiger partial charge in [0.1, 0.15) is 0 Å². The lowest BCUT2D eigenvalue weighted by Gasteiger charge is -2.20. The van der Waals surface area contributed by atoms with Gasteiger partial charge in [0, 0.05) is 24.1 Å². The molecule has 0 aliphatic heterocycles. The Morgan fingerprint density at radius 3 is 2.30 bits per heavy atom. The van der Waals surface area contributed by atoms with Crippen LogP contribution in [0.5, 0.6) is 5.88 Å². The lowest BCUT2D eigenvalue weighted by atomic mass is 9.91. The highest BCUT2D eigenvalue weighted by Crippen LogP contribution is 2.24. The number of aromatic nitrogens is 1. The molecule has 0 fully saturated rings. The number of nitrogens with one attached hydrogen (secondary N) is 1. The van der Waals surface area contributed by atoms with Crippen LogP contribution in [0.1, 0.15) is 59.7 Å². The first-order chi connectivity index (χ1) is 9.18. The zero-order valence-corrected chi connectivity index (χ0v) is 14.1. The van der Waals surface area contributed by atoms with Crippen LogP contribution < -0.4 is 10.1 Å². The first-order valence-electron chi connectivity index (χ1n) is 7.56. The summed E-state index contributed by atoms with van der Waals surface area (Å²) < 4.78 is 5.81. The first kappa shape index (κ1) is 17.0. The fraction of sp³-hybridized carbons (Fsp3) is 0.706. The lowest BCUT2D eigenvalue weighted by Crippen LogP contribution is -2.23. The highest BCUT2D eigenvalue weighted by molar-refractivity contribution is 5.28. The monoisotopic (exact) mass is 278 g/mol. The maximum Gasteiger partial charge on any atom is 0.213 e. The predicted molar refractivity (Wildman–Crippen MR) is 85.2 cm³/mol. The predicted octanol–water partition coefficient (Wildman–Crippen LogP) is 3.91. The first-order valence-corrected chi connectivity index (χ1v) is 7.56. The van der Waals surface area contributed by atoms with Gasteiger partial charge in [-0.15, -0.1) is 0 Å². The van der Waals surface area contributed by atoms with Crippen molar-refractivity contribution in [1.82, 2.24) is 10.3 Å². The van der Waals surface area contributed by atoms with Crippen molar-refractivity contribution in [3.8, 4) is 5.88 Å². The minimum atomic E-state index is 0.0315. The summed E-state index contributed by atoms with van der Waals surface area (Å²) >= 11 is 0. The fourth-order valence-electron chi connectivity index (χ4n) is 1.69. The Balaban J connectivity index is 2.95. The Morgan fingerprint density at radius 2 is 1.80 bits per heavy atom. The van der Waals surface area contributed by atoms with Crippen LogP contribution in [0.25, 0.3) is 0 Å². The van der Waals surface area contributed by atoms with Gasteiger partial charge in [-0.1, -0.05) is 48.5 Å². The topological polar surface area (TPSA) is 34.1 Å². The summed E-state index contributed by atoms with van der Waals surface area (Å²) in [5, 5.41) is 3.45. The quantitative estimate of drug-likeness (QED) is 0.856. The van der Waals surface area contributed by atoms with Crippen molar-refractivity contribution in [1.29, 1.82) is 0 Å². The molecule has 0 atom stereocenters. The van der Waals surface area contributed by atoms with Crippen molar-refractivity contribution in [2.24, 2.45) is 5.92 Å². The van der Waals surface area contributed by atoms with Gasteiger partial charge in [0.2, 0.25) is 5.88 Å². The molecule has 1 aromatic heterocycles. The number of nitrogens with zero attached hydrogens (tertiary/aromatic N) is 1. The summed E-state index contributed by atoms with van der Waals surface area (Å²) in [5.74, 6) is 1.25. The highest BCUT2D eigenvalue weighted by Gasteiger charge is 2.17. The van der Waals surface area contributed by atoms with Gasteiger partial charge in [0.05, 0.1) is 12.3 Å². The van der Waals surface area contributed by atoms with E-state index >= 15 is 0 Å². The largest absolute Gasteiger partial charge is 0.477 e. The maximum absolute atomic E-state index is 5.81. The SMILES string of the molecule is CC(C)COc1cc(CNC(C)C)cc(C(C)(C)C)n1. The molecule has 114 valence electrons. The summed E-state index contributed by atoms with van der Waals surface area (Å²) in [7, 11) is 0. The molecule has 3 heteroatoms. The van der Waals surface area contributed by atoms with Crippen molar-refractivity contribution in [2.45, 2.75) is 66.5 Å². The zero-order chi connectivity index (χ0) is 15.3. The standard InChI is InChI=1S/C17H30N2O/c1-12(2)11-20-16-9-14(10-18-13(3)4)8-15(19-16)17(5,6)7/h8-9,12-13,18H,10-11H2,1-7H3. The molecular formula is C17H30N2O. The normalized spacial score (nSPS) is 12.2. The van der Waals surface area contributed by atoms with Crippen LogP contribution in [0.2, 0.25) is 0 Å². The number of ether oxygens (including phenoxy) is 1. The van der Waals surface area contributed by atoms with Crippen molar-refractivity contribution >= 4 is 0 Å². The molecule has 0 aromatic carbocycles. The minimum absolute atomic E-state index is 0.0315. The van der Waals surface area contributed by atoms with E-state index in [9.17, 15) is 0 Å². The summed E-state index contributed by atoms with van der Waals surface area (Å²) in [6.07, 6.45) is 0. The van der Waals surface area contributed by atoms with Crippen molar-refractivity contribution < 1.29 is 4.74 Å². The molecule has 0 spiro atoms. The Labute approximate surface area is 124 Å². The van der Waals surface area contributed by atoms with Crippen molar-refractivity contribution in [2.75, 3.05) is 6.61 Å². The number of rotatable bonds is 6. The van der Waals surface area contributed by atoms with Crippen LogP contribution in [0, 0.1) is 5.92 Å². The smallest absolute Gasteiger partial charge is 0.213 e. The van der Waals surface area contributed by atoms with Crippen LogP contribution in [0.4, 0.5) is 0 Å². The third kappa shape index (κ3) is 5.91. The van der Waals surface area contributed by atoms with E-state index in [1.807, 2.05) is 6.07 Å². The molecule has 3 nitrogen and oxygen atoms in total. The highest BCUT2D eigenvalue weighted by atomic mass is 16.5. The van der Waals surface area contributed by atoms with Crippen LogP contribution in [-0.4, -0.2) is 17.6 Å². The number of pyridine rings is 1. The van der Waals surface area contributed by atoms with Crippen molar-refractivity contribution in [3.63, 3.8) is 0 Å². The van der Waals surface area contributed by atoms with Crippen LogP contribution in [0.3, 0.4) is 0 Å². The van der Waals surface area contributed by atoms with Crippen LogP contribution in [0.15, 0.2) is 12.1 Å². The summed E-state index contributed by atoms with van der Waals surface area (Å²) in [6, 6.07) is 4.70. The molecule has 0 aliphatic carbocycles. The molecule has 20 heavy (non-hydrogen) atoms. The Hall–Kier alpha value is -1.09. The Morgan fingerprint density at radius 1 is 1.15 bits per heavy atom. The van der Waals surface area contributed by atoms with Gasteiger partial charge in [0.15, 0.2) is 0 Å².